The Morgan fingerprint density at radius 2 is 1.25 bits per heavy atom. The Hall–Kier alpha value is 0.830. The van der Waals surface area contributed by atoms with Crippen LogP contribution in [0.1, 0.15) is 57.8 Å². The van der Waals surface area contributed by atoms with Gasteiger partial charge in [0.15, 0.2) is 0 Å². The van der Waals surface area contributed by atoms with Gasteiger partial charge in [0.05, 0.1) is 23.3 Å². The maximum absolute atomic E-state index is 10.4. The predicted octanol–water partition coefficient (Wildman–Crippen LogP) is -0.945. The van der Waals surface area contributed by atoms with Gasteiger partial charge in [-0.05, 0) is 12.8 Å². The molecule has 0 rings (SSSR count). The molecule has 7 heteroatoms. The molecule has 0 amide bonds. The zero-order chi connectivity index (χ0) is 14.4. The quantitative estimate of drug-likeness (QED) is 0.254. The van der Waals surface area contributed by atoms with Crippen molar-refractivity contribution in [2.24, 2.45) is 0 Å². The van der Waals surface area contributed by atoms with E-state index in [0.717, 1.165) is 38.7 Å². The van der Waals surface area contributed by atoms with Crippen LogP contribution >= 0.6 is 0 Å². The van der Waals surface area contributed by atoms with Gasteiger partial charge in [0.25, 0.3) is 0 Å². The summed E-state index contributed by atoms with van der Waals surface area (Å²) in [6.07, 6.45) is 9.19. The third-order valence-corrected chi connectivity index (χ3v) is 3.71. The van der Waals surface area contributed by atoms with Crippen LogP contribution in [0.3, 0.4) is 0 Å². The first-order valence-electron chi connectivity index (χ1n) is 7.18. The first-order valence-corrected chi connectivity index (χ1v) is 8.76. The van der Waals surface area contributed by atoms with Crippen molar-refractivity contribution in [2.45, 2.75) is 57.8 Å². The summed E-state index contributed by atoms with van der Waals surface area (Å²) in [4.78, 5) is 0. The van der Waals surface area contributed by atoms with Gasteiger partial charge in [-0.25, -0.2) is 8.42 Å². The summed E-state index contributed by atoms with van der Waals surface area (Å²) >= 11 is 0. The fraction of sp³-hybridized carbons (Fsp3) is 1.00. The Balaban J connectivity index is 0. The first-order chi connectivity index (χ1) is 9.06. The summed E-state index contributed by atoms with van der Waals surface area (Å²) in [5, 5.41) is 8.50. The Morgan fingerprint density at radius 1 is 0.800 bits per heavy atom. The average molecular weight is 318 g/mol. The normalized spacial score (nSPS) is 11.3. The van der Waals surface area contributed by atoms with Crippen LogP contribution in [-0.2, 0) is 14.9 Å². The summed E-state index contributed by atoms with van der Waals surface area (Å²) in [6, 6.07) is 0. The van der Waals surface area contributed by atoms with Crippen molar-refractivity contribution in [1.29, 1.82) is 0 Å². The molecule has 0 radical (unpaired) electrons. The second kappa shape index (κ2) is 16.2. The summed E-state index contributed by atoms with van der Waals surface area (Å²) in [6.45, 7) is 1.25. The molecule has 116 valence electrons. The van der Waals surface area contributed by atoms with Gasteiger partial charge in [0, 0.05) is 12.4 Å². The number of ether oxygens (including phenoxy) is 1. The number of hydrogen-bond donors (Lipinski definition) is 1. The molecular weight excluding hydrogens is 291 g/mol. The fourth-order valence-corrected chi connectivity index (χ4v) is 2.44. The molecule has 0 aliphatic rings. The first kappa shape index (κ1) is 23.1. The van der Waals surface area contributed by atoms with Crippen LogP contribution in [0.4, 0.5) is 0 Å². The SMILES string of the molecule is O=S(=O)([O-])CCCCCCCCCCCOCCO.[Na+]. The molecular formula is C13H27NaO5S. The minimum Gasteiger partial charge on any atom is -0.748 e. The van der Waals surface area contributed by atoms with Gasteiger partial charge in [0.2, 0.25) is 0 Å². The van der Waals surface area contributed by atoms with E-state index < -0.39 is 10.1 Å². The molecule has 5 nitrogen and oxygen atoms in total. The van der Waals surface area contributed by atoms with Gasteiger partial charge in [-0.15, -0.1) is 0 Å². The Labute approximate surface area is 145 Å². The molecule has 0 saturated carbocycles. The molecule has 0 bridgehead atoms. The number of aliphatic hydroxyl groups is 1. The van der Waals surface area contributed by atoms with E-state index in [9.17, 15) is 13.0 Å². The average Bonchev–Trinajstić information content (AvgIpc) is 2.34. The molecule has 0 heterocycles. The summed E-state index contributed by atoms with van der Waals surface area (Å²) in [5.74, 6) is -0.221. The van der Waals surface area contributed by atoms with Gasteiger partial charge in [-0.3, -0.25) is 0 Å². The Bertz CT molecular complexity index is 282. The topological polar surface area (TPSA) is 86.7 Å². The minimum absolute atomic E-state index is 0. The van der Waals surface area contributed by atoms with Crippen LogP contribution in [0.25, 0.3) is 0 Å². The number of aliphatic hydroxyl groups excluding tert-OH is 1. The van der Waals surface area contributed by atoms with E-state index in [0.29, 0.717) is 13.0 Å². The van der Waals surface area contributed by atoms with Crippen LogP contribution in [0.15, 0.2) is 0 Å². The van der Waals surface area contributed by atoms with E-state index in [4.69, 9.17) is 9.84 Å². The second-order valence-corrected chi connectivity index (χ2v) is 6.30. The third kappa shape index (κ3) is 21.1. The minimum atomic E-state index is -4.02. The van der Waals surface area contributed by atoms with Crippen molar-refractivity contribution in [3.63, 3.8) is 0 Å². The molecule has 0 spiro atoms. The van der Waals surface area contributed by atoms with E-state index in [1.807, 2.05) is 0 Å². The van der Waals surface area contributed by atoms with Crippen molar-refractivity contribution in [1.82, 2.24) is 0 Å². The number of rotatable bonds is 14. The van der Waals surface area contributed by atoms with E-state index in [1.165, 1.54) is 19.3 Å². The standard InChI is InChI=1S/C13H28O5S.Na/c14-10-12-18-11-8-6-4-2-1-3-5-7-9-13-19(15,16)17;/h14H,1-13H2,(H,15,16,17);/q;+1/p-1. The molecule has 0 fully saturated rings. The van der Waals surface area contributed by atoms with Gasteiger partial charge >= 0.3 is 29.6 Å². The summed E-state index contributed by atoms with van der Waals surface area (Å²) in [7, 11) is -4.02. The van der Waals surface area contributed by atoms with Crippen LogP contribution in [0.2, 0.25) is 0 Å². The van der Waals surface area contributed by atoms with Crippen molar-refractivity contribution in [2.75, 3.05) is 25.6 Å². The third-order valence-electron chi connectivity index (χ3n) is 2.92. The molecule has 0 saturated heterocycles. The zero-order valence-corrected chi connectivity index (χ0v) is 15.5. The van der Waals surface area contributed by atoms with E-state index in [1.54, 1.807) is 0 Å². The van der Waals surface area contributed by atoms with Crippen LogP contribution in [-0.4, -0.2) is 43.7 Å². The van der Waals surface area contributed by atoms with E-state index in [-0.39, 0.29) is 41.9 Å². The maximum atomic E-state index is 10.4. The van der Waals surface area contributed by atoms with E-state index >= 15 is 0 Å². The smallest absolute Gasteiger partial charge is 0.748 e. The van der Waals surface area contributed by atoms with Crippen molar-refractivity contribution >= 4 is 10.1 Å². The van der Waals surface area contributed by atoms with Crippen LogP contribution < -0.4 is 29.6 Å². The molecule has 0 unspecified atom stereocenters. The fourth-order valence-electron chi connectivity index (χ4n) is 1.89. The monoisotopic (exact) mass is 318 g/mol. The maximum Gasteiger partial charge on any atom is 1.00 e. The molecule has 0 aromatic carbocycles. The molecule has 20 heavy (non-hydrogen) atoms. The largest absolute Gasteiger partial charge is 1.00 e. The van der Waals surface area contributed by atoms with Crippen LogP contribution in [0, 0.1) is 0 Å². The van der Waals surface area contributed by atoms with Crippen molar-refractivity contribution < 1.29 is 52.4 Å². The van der Waals surface area contributed by atoms with Gasteiger partial charge < -0.3 is 14.4 Å². The Morgan fingerprint density at radius 3 is 1.70 bits per heavy atom. The van der Waals surface area contributed by atoms with Crippen molar-refractivity contribution in [3.8, 4) is 0 Å². The molecule has 0 aliphatic heterocycles. The molecule has 1 N–H and O–H groups in total. The van der Waals surface area contributed by atoms with Crippen molar-refractivity contribution in [3.05, 3.63) is 0 Å². The molecule has 0 aromatic rings. The molecule has 0 atom stereocenters. The van der Waals surface area contributed by atoms with Gasteiger partial charge in [0.1, 0.15) is 0 Å². The number of hydrogen-bond acceptors (Lipinski definition) is 5. The summed E-state index contributed by atoms with van der Waals surface area (Å²) < 4.78 is 36.2. The van der Waals surface area contributed by atoms with Crippen LogP contribution in [0.5, 0.6) is 0 Å². The number of unbranched alkanes of at least 4 members (excludes halogenated alkanes) is 8. The van der Waals surface area contributed by atoms with Gasteiger partial charge in [-0.2, -0.15) is 0 Å². The summed E-state index contributed by atoms with van der Waals surface area (Å²) in [5.41, 5.74) is 0. The molecule has 0 aliphatic carbocycles. The van der Waals surface area contributed by atoms with E-state index in [2.05, 4.69) is 0 Å². The second-order valence-electron chi connectivity index (χ2n) is 4.78. The van der Waals surface area contributed by atoms with Gasteiger partial charge in [-0.1, -0.05) is 44.9 Å². The zero-order valence-electron chi connectivity index (χ0n) is 12.7. The predicted molar refractivity (Wildman–Crippen MR) is 74.0 cm³/mol. The molecule has 0 aromatic heterocycles. The Kier molecular flexibility index (Phi) is 18.7.